The summed E-state index contributed by atoms with van der Waals surface area (Å²) >= 11 is 14.5. The summed E-state index contributed by atoms with van der Waals surface area (Å²) in [6, 6.07) is 8.36. The van der Waals surface area contributed by atoms with Crippen molar-refractivity contribution >= 4 is 63.7 Å². The van der Waals surface area contributed by atoms with E-state index in [0.29, 0.717) is 13.2 Å². The lowest BCUT2D eigenvalue weighted by molar-refractivity contribution is 0.358. The van der Waals surface area contributed by atoms with E-state index in [2.05, 4.69) is 115 Å². The fraction of sp³-hybridized carbons (Fsp3) is 0.238. The second-order valence-corrected chi connectivity index (χ2v) is 9.78. The standard InChI is InChI=1S/C21H20Br4O2/c1-5-7-26-19-15(22)9-13(10-16(19)23)21(3,4)14-11-17(24)20(18(25)12-14)27-8-6-2/h5-6,9-12H,1-2,7-8H2,3-4H3. The van der Waals surface area contributed by atoms with Crippen LogP contribution in [0.2, 0.25) is 0 Å². The minimum absolute atomic E-state index is 0.246. The molecule has 0 saturated carbocycles. The monoisotopic (exact) mass is 620 g/mol. The van der Waals surface area contributed by atoms with Crippen molar-refractivity contribution in [1.29, 1.82) is 0 Å². The minimum atomic E-state index is -0.246. The average molecular weight is 624 g/mol. The molecule has 0 saturated heterocycles. The summed E-state index contributed by atoms with van der Waals surface area (Å²) in [5.74, 6) is 1.54. The molecule has 144 valence electrons. The van der Waals surface area contributed by atoms with Gasteiger partial charge in [-0.2, -0.15) is 0 Å². The molecule has 2 aromatic carbocycles. The van der Waals surface area contributed by atoms with Gasteiger partial charge in [0.05, 0.1) is 17.9 Å². The third-order valence-corrected chi connectivity index (χ3v) is 6.49. The highest BCUT2D eigenvalue weighted by Crippen LogP contribution is 2.44. The third-order valence-electron chi connectivity index (χ3n) is 4.13. The molecule has 0 radical (unpaired) electrons. The Hall–Kier alpha value is -0.560. The lowest BCUT2D eigenvalue weighted by Crippen LogP contribution is -2.19. The van der Waals surface area contributed by atoms with Crippen LogP contribution in [0.4, 0.5) is 0 Å². The molecule has 27 heavy (non-hydrogen) atoms. The highest BCUT2D eigenvalue weighted by atomic mass is 79.9. The maximum absolute atomic E-state index is 5.73. The number of rotatable bonds is 8. The van der Waals surface area contributed by atoms with Crippen molar-refractivity contribution < 1.29 is 9.47 Å². The Balaban J connectivity index is 2.46. The van der Waals surface area contributed by atoms with Gasteiger partial charge in [-0.15, -0.1) is 0 Å². The van der Waals surface area contributed by atoms with E-state index in [9.17, 15) is 0 Å². The van der Waals surface area contributed by atoms with Crippen LogP contribution in [0.5, 0.6) is 11.5 Å². The summed E-state index contributed by atoms with van der Waals surface area (Å²) in [6.07, 6.45) is 3.45. The predicted molar refractivity (Wildman–Crippen MR) is 127 cm³/mol. The highest BCUT2D eigenvalue weighted by Gasteiger charge is 2.27. The second kappa shape index (κ2) is 9.77. The predicted octanol–water partition coefficient (Wildman–Crippen LogP) is 8.19. The van der Waals surface area contributed by atoms with Gasteiger partial charge < -0.3 is 9.47 Å². The molecule has 6 heteroatoms. The Labute approximate surface area is 194 Å². The summed E-state index contributed by atoms with van der Waals surface area (Å²) in [5.41, 5.74) is 2.04. The van der Waals surface area contributed by atoms with E-state index in [1.54, 1.807) is 12.2 Å². The molecule has 0 unspecified atom stereocenters. The van der Waals surface area contributed by atoms with Gasteiger partial charge in [0.1, 0.15) is 24.7 Å². The van der Waals surface area contributed by atoms with Gasteiger partial charge in [-0.1, -0.05) is 39.2 Å². The largest absolute Gasteiger partial charge is 0.487 e. The van der Waals surface area contributed by atoms with Crippen LogP contribution in [0.15, 0.2) is 67.5 Å². The summed E-state index contributed by atoms with van der Waals surface area (Å²) < 4.78 is 15.0. The van der Waals surface area contributed by atoms with Crippen molar-refractivity contribution in [1.82, 2.24) is 0 Å². The molecule has 0 atom stereocenters. The van der Waals surface area contributed by atoms with E-state index < -0.39 is 0 Å². The third kappa shape index (κ3) is 5.28. The molecule has 0 aromatic heterocycles. The van der Waals surface area contributed by atoms with E-state index in [4.69, 9.17) is 9.47 Å². The first-order valence-corrected chi connectivity index (χ1v) is 11.4. The Morgan fingerprint density at radius 2 is 1.04 bits per heavy atom. The van der Waals surface area contributed by atoms with Gasteiger partial charge in [-0.05, 0) is 99.1 Å². The molecule has 2 aromatic rings. The first-order valence-electron chi connectivity index (χ1n) is 8.18. The Morgan fingerprint density at radius 1 is 0.741 bits per heavy atom. The van der Waals surface area contributed by atoms with Crippen LogP contribution in [-0.4, -0.2) is 13.2 Å². The fourth-order valence-corrected chi connectivity index (χ4v) is 5.40. The zero-order valence-electron chi connectivity index (χ0n) is 15.1. The van der Waals surface area contributed by atoms with Crippen LogP contribution in [0.25, 0.3) is 0 Å². The van der Waals surface area contributed by atoms with Crippen LogP contribution in [0, 0.1) is 0 Å². The number of halogens is 4. The molecule has 0 amide bonds. The second-order valence-electron chi connectivity index (χ2n) is 6.36. The van der Waals surface area contributed by atoms with E-state index in [1.807, 2.05) is 0 Å². The SMILES string of the molecule is C=CCOc1c(Br)cc(C(C)(C)c2cc(Br)c(OCC=C)c(Br)c2)cc1Br. The molecule has 0 bridgehead atoms. The van der Waals surface area contributed by atoms with Crippen molar-refractivity contribution in [3.8, 4) is 11.5 Å². The molecule has 0 aliphatic heterocycles. The number of benzene rings is 2. The molecule has 0 aliphatic carbocycles. The smallest absolute Gasteiger partial charge is 0.148 e. The van der Waals surface area contributed by atoms with Crippen LogP contribution in [0.3, 0.4) is 0 Å². The summed E-state index contributed by atoms with van der Waals surface area (Å²) in [4.78, 5) is 0. The van der Waals surface area contributed by atoms with E-state index >= 15 is 0 Å². The van der Waals surface area contributed by atoms with Crippen LogP contribution in [0.1, 0.15) is 25.0 Å². The van der Waals surface area contributed by atoms with Gasteiger partial charge in [0.25, 0.3) is 0 Å². The maximum Gasteiger partial charge on any atom is 0.148 e. The summed E-state index contributed by atoms with van der Waals surface area (Å²) in [7, 11) is 0. The Morgan fingerprint density at radius 3 is 1.30 bits per heavy atom. The topological polar surface area (TPSA) is 18.5 Å². The van der Waals surface area contributed by atoms with Gasteiger partial charge in [0.15, 0.2) is 0 Å². The molecule has 2 rings (SSSR count). The zero-order chi connectivity index (χ0) is 20.2. The first-order chi connectivity index (χ1) is 12.7. The molecule has 0 spiro atoms. The molecule has 0 heterocycles. The zero-order valence-corrected chi connectivity index (χ0v) is 21.5. The van der Waals surface area contributed by atoms with Gasteiger partial charge in [0.2, 0.25) is 0 Å². The van der Waals surface area contributed by atoms with E-state index in [0.717, 1.165) is 40.5 Å². The van der Waals surface area contributed by atoms with Crippen LogP contribution < -0.4 is 9.47 Å². The highest BCUT2D eigenvalue weighted by molar-refractivity contribution is 9.11. The van der Waals surface area contributed by atoms with Crippen molar-refractivity contribution in [3.05, 3.63) is 78.6 Å². The molecular weight excluding hydrogens is 604 g/mol. The van der Waals surface area contributed by atoms with Gasteiger partial charge in [-0.25, -0.2) is 0 Å². The molecule has 0 aliphatic rings. The molecular formula is C21H20Br4O2. The van der Waals surface area contributed by atoms with Crippen molar-refractivity contribution in [2.75, 3.05) is 13.2 Å². The van der Waals surface area contributed by atoms with Crippen molar-refractivity contribution in [2.24, 2.45) is 0 Å². The maximum atomic E-state index is 5.73. The van der Waals surface area contributed by atoms with Crippen molar-refractivity contribution in [2.45, 2.75) is 19.3 Å². The van der Waals surface area contributed by atoms with Crippen LogP contribution >= 0.6 is 63.7 Å². The Kier molecular flexibility index (Phi) is 8.22. The van der Waals surface area contributed by atoms with Gasteiger partial charge in [-0.3, -0.25) is 0 Å². The number of ether oxygens (including phenoxy) is 2. The minimum Gasteiger partial charge on any atom is -0.487 e. The lowest BCUT2D eigenvalue weighted by Gasteiger charge is -2.28. The van der Waals surface area contributed by atoms with Gasteiger partial charge in [0, 0.05) is 5.41 Å². The molecule has 0 fully saturated rings. The lowest BCUT2D eigenvalue weighted by atomic mass is 9.78. The molecule has 2 nitrogen and oxygen atoms in total. The first kappa shape index (κ1) is 22.7. The average Bonchev–Trinajstić information content (AvgIpc) is 2.60. The summed E-state index contributed by atoms with van der Waals surface area (Å²) in [6.45, 7) is 12.7. The van der Waals surface area contributed by atoms with Gasteiger partial charge >= 0.3 is 0 Å². The van der Waals surface area contributed by atoms with E-state index in [-0.39, 0.29) is 5.41 Å². The number of hydrogen-bond donors (Lipinski definition) is 0. The molecule has 0 N–H and O–H groups in total. The van der Waals surface area contributed by atoms with Crippen LogP contribution in [-0.2, 0) is 5.41 Å². The van der Waals surface area contributed by atoms with E-state index in [1.165, 1.54) is 0 Å². The number of hydrogen-bond acceptors (Lipinski definition) is 2. The normalized spacial score (nSPS) is 11.2. The fourth-order valence-electron chi connectivity index (χ4n) is 2.57. The Bertz CT molecular complexity index is 744. The summed E-state index contributed by atoms with van der Waals surface area (Å²) in [5, 5.41) is 0. The van der Waals surface area contributed by atoms with Crippen molar-refractivity contribution in [3.63, 3.8) is 0 Å². The quantitative estimate of drug-likeness (QED) is 0.276.